The van der Waals surface area contributed by atoms with E-state index in [9.17, 15) is 0 Å². The number of benzene rings is 1. The Hall–Kier alpha value is -0.540. The molecule has 0 aliphatic heterocycles. The van der Waals surface area contributed by atoms with Gasteiger partial charge in [-0.25, -0.2) is 0 Å². The first-order chi connectivity index (χ1) is 9.28. The second-order valence-electron chi connectivity index (χ2n) is 5.24. The van der Waals surface area contributed by atoms with Crippen molar-refractivity contribution in [1.29, 1.82) is 0 Å². The lowest BCUT2D eigenvalue weighted by atomic mass is 9.85. The molecule has 2 nitrogen and oxygen atoms in total. The van der Waals surface area contributed by atoms with Crippen molar-refractivity contribution in [2.45, 2.75) is 45.1 Å². The zero-order valence-electron chi connectivity index (χ0n) is 11.6. The van der Waals surface area contributed by atoms with Crippen LogP contribution < -0.4 is 4.74 Å². The van der Waals surface area contributed by atoms with E-state index in [-0.39, 0.29) is 0 Å². The molecule has 106 valence electrons. The molecular formula is C16H23BrO2. The van der Waals surface area contributed by atoms with Crippen molar-refractivity contribution in [2.24, 2.45) is 5.92 Å². The van der Waals surface area contributed by atoms with Crippen LogP contribution in [0, 0.1) is 5.92 Å². The molecule has 0 amide bonds. The standard InChI is InChI=1S/C16H23BrO2/c1-2-13-5-3-7-15(11-13)18-9-10-19-16-8-4-6-14(17)12-16/h4,6,8,12-13,15H,2-3,5,7,9-11H2,1H3. The highest BCUT2D eigenvalue weighted by Crippen LogP contribution is 2.28. The molecule has 1 aliphatic carbocycles. The first kappa shape index (κ1) is 14.9. The van der Waals surface area contributed by atoms with Gasteiger partial charge in [0.15, 0.2) is 0 Å². The molecule has 1 aromatic carbocycles. The molecular weight excluding hydrogens is 304 g/mol. The Bertz CT molecular complexity index is 381. The Morgan fingerprint density at radius 3 is 2.95 bits per heavy atom. The van der Waals surface area contributed by atoms with Crippen molar-refractivity contribution >= 4 is 15.9 Å². The molecule has 0 saturated heterocycles. The zero-order valence-corrected chi connectivity index (χ0v) is 13.2. The summed E-state index contributed by atoms with van der Waals surface area (Å²) < 4.78 is 12.7. The molecule has 0 radical (unpaired) electrons. The van der Waals surface area contributed by atoms with Crippen LogP contribution in [0.25, 0.3) is 0 Å². The Kier molecular flexibility index (Phi) is 6.18. The minimum absolute atomic E-state index is 0.449. The van der Waals surface area contributed by atoms with Crippen molar-refractivity contribution in [2.75, 3.05) is 13.2 Å². The van der Waals surface area contributed by atoms with Crippen LogP contribution in [0.5, 0.6) is 5.75 Å². The van der Waals surface area contributed by atoms with Crippen molar-refractivity contribution < 1.29 is 9.47 Å². The third kappa shape index (κ3) is 5.15. The van der Waals surface area contributed by atoms with Gasteiger partial charge < -0.3 is 9.47 Å². The van der Waals surface area contributed by atoms with Gasteiger partial charge in [0.2, 0.25) is 0 Å². The van der Waals surface area contributed by atoms with Gasteiger partial charge in [0.25, 0.3) is 0 Å². The number of ether oxygens (including phenoxy) is 2. The second-order valence-corrected chi connectivity index (χ2v) is 6.16. The lowest BCUT2D eigenvalue weighted by molar-refractivity contribution is -0.000665. The fourth-order valence-electron chi connectivity index (χ4n) is 2.69. The van der Waals surface area contributed by atoms with E-state index in [2.05, 4.69) is 22.9 Å². The monoisotopic (exact) mass is 326 g/mol. The molecule has 0 aromatic heterocycles. The Labute approximate surface area is 124 Å². The largest absolute Gasteiger partial charge is 0.491 e. The van der Waals surface area contributed by atoms with Crippen molar-refractivity contribution in [3.8, 4) is 5.75 Å². The van der Waals surface area contributed by atoms with E-state index < -0.39 is 0 Å². The number of rotatable bonds is 6. The summed E-state index contributed by atoms with van der Waals surface area (Å²) in [5.74, 6) is 1.76. The molecule has 0 N–H and O–H groups in total. The van der Waals surface area contributed by atoms with E-state index in [1.165, 1.54) is 32.1 Å². The average Bonchev–Trinajstić information content (AvgIpc) is 2.44. The molecule has 2 unspecified atom stereocenters. The summed E-state index contributed by atoms with van der Waals surface area (Å²) in [7, 11) is 0. The van der Waals surface area contributed by atoms with Crippen LogP contribution in [0.3, 0.4) is 0 Å². The molecule has 0 heterocycles. The molecule has 0 bridgehead atoms. The predicted molar refractivity (Wildman–Crippen MR) is 81.6 cm³/mol. The number of halogens is 1. The van der Waals surface area contributed by atoms with Gasteiger partial charge >= 0.3 is 0 Å². The third-order valence-corrected chi connectivity index (χ3v) is 4.31. The maximum absolute atomic E-state index is 5.93. The van der Waals surface area contributed by atoms with E-state index in [4.69, 9.17) is 9.47 Å². The summed E-state index contributed by atoms with van der Waals surface area (Å²) in [6.45, 7) is 3.60. The van der Waals surface area contributed by atoms with Crippen LogP contribution >= 0.6 is 15.9 Å². The van der Waals surface area contributed by atoms with Gasteiger partial charge in [-0.15, -0.1) is 0 Å². The van der Waals surface area contributed by atoms with Gasteiger partial charge in [0, 0.05) is 4.47 Å². The lowest BCUT2D eigenvalue weighted by Gasteiger charge is -2.28. The molecule has 2 rings (SSSR count). The summed E-state index contributed by atoms with van der Waals surface area (Å²) >= 11 is 3.44. The summed E-state index contributed by atoms with van der Waals surface area (Å²) in [6, 6.07) is 7.93. The molecule has 1 aliphatic rings. The maximum atomic E-state index is 5.93. The Balaban J connectivity index is 1.64. The van der Waals surface area contributed by atoms with Gasteiger partial charge in [-0.05, 0) is 37.0 Å². The smallest absolute Gasteiger partial charge is 0.120 e. The van der Waals surface area contributed by atoms with Crippen LogP contribution in [-0.2, 0) is 4.74 Å². The Morgan fingerprint density at radius 2 is 2.16 bits per heavy atom. The highest BCUT2D eigenvalue weighted by atomic mass is 79.9. The van der Waals surface area contributed by atoms with Crippen molar-refractivity contribution in [3.05, 3.63) is 28.7 Å². The van der Waals surface area contributed by atoms with Crippen LogP contribution in [0.1, 0.15) is 39.0 Å². The minimum atomic E-state index is 0.449. The van der Waals surface area contributed by atoms with Crippen molar-refractivity contribution in [3.63, 3.8) is 0 Å². The number of hydrogen-bond donors (Lipinski definition) is 0. The van der Waals surface area contributed by atoms with Gasteiger partial charge in [-0.3, -0.25) is 0 Å². The fourth-order valence-corrected chi connectivity index (χ4v) is 3.07. The van der Waals surface area contributed by atoms with Gasteiger partial charge in [-0.2, -0.15) is 0 Å². The van der Waals surface area contributed by atoms with Crippen molar-refractivity contribution in [1.82, 2.24) is 0 Å². The SMILES string of the molecule is CCC1CCCC(OCCOc2cccc(Br)c2)C1. The first-order valence-corrected chi connectivity index (χ1v) is 8.07. The topological polar surface area (TPSA) is 18.5 Å². The van der Waals surface area contributed by atoms with Gasteiger partial charge in [-0.1, -0.05) is 48.2 Å². The second kappa shape index (κ2) is 7.91. The van der Waals surface area contributed by atoms with Crippen LogP contribution in [-0.4, -0.2) is 19.3 Å². The van der Waals surface area contributed by atoms with Crippen LogP contribution in [0.2, 0.25) is 0 Å². The van der Waals surface area contributed by atoms with E-state index in [1.54, 1.807) is 0 Å². The maximum Gasteiger partial charge on any atom is 0.120 e. The molecule has 1 fully saturated rings. The fraction of sp³-hybridized carbons (Fsp3) is 0.625. The van der Waals surface area contributed by atoms with Crippen LogP contribution in [0.4, 0.5) is 0 Å². The van der Waals surface area contributed by atoms with E-state index in [1.807, 2.05) is 24.3 Å². The van der Waals surface area contributed by atoms with Crippen LogP contribution in [0.15, 0.2) is 28.7 Å². The van der Waals surface area contributed by atoms with E-state index >= 15 is 0 Å². The minimum Gasteiger partial charge on any atom is -0.491 e. The number of hydrogen-bond acceptors (Lipinski definition) is 2. The average molecular weight is 327 g/mol. The highest BCUT2D eigenvalue weighted by molar-refractivity contribution is 9.10. The normalized spacial score (nSPS) is 23.3. The summed E-state index contributed by atoms with van der Waals surface area (Å²) in [5, 5.41) is 0. The first-order valence-electron chi connectivity index (χ1n) is 7.28. The summed E-state index contributed by atoms with van der Waals surface area (Å²) in [6.07, 6.45) is 6.88. The molecule has 1 aromatic rings. The molecule has 19 heavy (non-hydrogen) atoms. The molecule has 2 atom stereocenters. The molecule has 3 heteroatoms. The van der Waals surface area contributed by atoms with Gasteiger partial charge in [0.1, 0.15) is 12.4 Å². The zero-order chi connectivity index (χ0) is 13.5. The van der Waals surface area contributed by atoms with E-state index in [0.717, 1.165) is 16.1 Å². The molecule has 1 saturated carbocycles. The third-order valence-electron chi connectivity index (χ3n) is 3.81. The summed E-state index contributed by atoms with van der Waals surface area (Å²) in [4.78, 5) is 0. The predicted octanol–water partition coefficient (Wildman–Crippen LogP) is 4.81. The summed E-state index contributed by atoms with van der Waals surface area (Å²) in [5.41, 5.74) is 0. The Morgan fingerprint density at radius 1 is 1.26 bits per heavy atom. The van der Waals surface area contributed by atoms with Gasteiger partial charge in [0.05, 0.1) is 12.7 Å². The van der Waals surface area contributed by atoms with E-state index in [0.29, 0.717) is 19.3 Å². The quantitative estimate of drug-likeness (QED) is 0.698. The highest BCUT2D eigenvalue weighted by Gasteiger charge is 2.20. The molecule has 0 spiro atoms. The lowest BCUT2D eigenvalue weighted by Crippen LogP contribution is -2.24.